The Balaban J connectivity index is 2.18. The Kier molecular flexibility index (Phi) is 3.32. The van der Waals surface area contributed by atoms with E-state index in [4.69, 9.17) is 5.73 Å². The van der Waals surface area contributed by atoms with Gasteiger partial charge >= 0.3 is 0 Å². The number of aromatic nitrogens is 1. The average molecular weight is 243 g/mol. The third-order valence-electron chi connectivity index (χ3n) is 2.69. The van der Waals surface area contributed by atoms with Crippen LogP contribution >= 0.6 is 0 Å². The van der Waals surface area contributed by atoms with Crippen molar-refractivity contribution in [2.75, 3.05) is 13.1 Å². The van der Waals surface area contributed by atoms with Gasteiger partial charge in [-0.25, -0.2) is 8.42 Å². The second-order valence-corrected chi connectivity index (χ2v) is 5.88. The van der Waals surface area contributed by atoms with Crippen LogP contribution in [0.1, 0.15) is 19.3 Å². The maximum absolute atomic E-state index is 12.2. The van der Waals surface area contributed by atoms with Crippen LogP contribution < -0.4 is 5.73 Å². The molecule has 0 aliphatic heterocycles. The summed E-state index contributed by atoms with van der Waals surface area (Å²) in [5, 5.41) is 0.274. The zero-order valence-electron chi connectivity index (χ0n) is 9.09. The molecule has 3 N–H and O–H groups in total. The Morgan fingerprint density at radius 1 is 1.50 bits per heavy atom. The summed E-state index contributed by atoms with van der Waals surface area (Å²) in [4.78, 5) is 2.76. The summed E-state index contributed by atoms with van der Waals surface area (Å²) < 4.78 is 26.0. The van der Waals surface area contributed by atoms with E-state index in [0.29, 0.717) is 19.5 Å². The normalized spacial score (nSPS) is 16.9. The lowest BCUT2D eigenvalue weighted by molar-refractivity contribution is 0.398. The number of H-pyrrole nitrogens is 1. The number of nitrogens with two attached hydrogens (primary N) is 1. The van der Waals surface area contributed by atoms with Crippen molar-refractivity contribution in [3.05, 3.63) is 18.3 Å². The van der Waals surface area contributed by atoms with Gasteiger partial charge in [-0.3, -0.25) is 0 Å². The zero-order chi connectivity index (χ0) is 11.6. The predicted octanol–water partition coefficient (Wildman–Crippen LogP) is 0.517. The van der Waals surface area contributed by atoms with E-state index in [0.717, 1.165) is 12.8 Å². The SMILES string of the molecule is NCCCN(C1CC1)S(=O)(=O)c1ccc[nH]1. The fourth-order valence-electron chi connectivity index (χ4n) is 1.71. The summed E-state index contributed by atoms with van der Waals surface area (Å²) in [6.07, 6.45) is 4.26. The van der Waals surface area contributed by atoms with Gasteiger partial charge in [0, 0.05) is 18.8 Å². The van der Waals surface area contributed by atoms with E-state index < -0.39 is 10.0 Å². The molecule has 1 aromatic heterocycles. The lowest BCUT2D eigenvalue weighted by Gasteiger charge is -2.20. The lowest BCUT2D eigenvalue weighted by atomic mass is 10.4. The van der Waals surface area contributed by atoms with Crippen LogP contribution in [0.3, 0.4) is 0 Å². The van der Waals surface area contributed by atoms with E-state index in [1.165, 1.54) is 0 Å². The highest BCUT2D eigenvalue weighted by molar-refractivity contribution is 7.89. The Hall–Kier alpha value is -0.850. The number of nitrogens with zero attached hydrogens (tertiary/aromatic N) is 1. The molecule has 16 heavy (non-hydrogen) atoms. The van der Waals surface area contributed by atoms with Gasteiger partial charge < -0.3 is 10.7 Å². The molecule has 0 saturated heterocycles. The van der Waals surface area contributed by atoms with Crippen molar-refractivity contribution in [1.82, 2.24) is 9.29 Å². The van der Waals surface area contributed by atoms with Crippen molar-refractivity contribution in [3.8, 4) is 0 Å². The molecule has 0 bridgehead atoms. The molecule has 0 unspecified atom stereocenters. The van der Waals surface area contributed by atoms with Gasteiger partial charge in [0.15, 0.2) is 0 Å². The summed E-state index contributed by atoms with van der Waals surface area (Å²) in [5.74, 6) is 0. The van der Waals surface area contributed by atoms with Crippen LogP contribution in [0.5, 0.6) is 0 Å². The van der Waals surface area contributed by atoms with Gasteiger partial charge in [0.1, 0.15) is 5.03 Å². The Bertz CT molecular complexity index is 423. The molecule has 1 saturated carbocycles. The second kappa shape index (κ2) is 4.57. The van der Waals surface area contributed by atoms with Gasteiger partial charge in [0.2, 0.25) is 0 Å². The molecule has 0 aromatic carbocycles. The number of hydrogen-bond acceptors (Lipinski definition) is 3. The van der Waals surface area contributed by atoms with E-state index in [1.807, 2.05) is 0 Å². The van der Waals surface area contributed by atoms with Gasteiger partial charge in [-0.2, -0.15) is 4.31 Å². The van der Waals surface area contributed by atoms with E-state index in [2.05, 4.69) is 4.98 Å². The van der Waals surface area contributed by atoms with Crippen LogP contribution in [0.4, 0.5) is 0 Å². The standard InChI is InChI=1S/C10H17N3O2S/c11-6-2-8-13(9-4-5-9)16(14,15)10-3-1-7-12-10/h1,3,7,9,12H,2,4-6,8,11H2. The van der Waals surface area contributed by atoms with E-state index >= 15 is 0 Å². The molecule has 0 amide bonds. The number of nitrogens with one attached hydrogen (secondary N) is 1. The van der Waals surface area contributed by atoms with Gasteiger partial charge in [0.25, 0.3) is 10.0 Å². The Morgan fingerprint density at radius 3 is 2.75 bits per heavy atom. The van der Waals surface area contributed by atoms with E-state index in [-0.39, 0.29) is 11.1 Å². The zero-order valence-corrected chi connectivity index (χ0v) is 9.91. The molecule has 0 radical (unpaired) electrons. The van der Waals surface area contributed by atoms with Crippen LogP contribution in [0.2, 0.25) is 0 Å². The van der Waals surface area contributed by atoms with Crippen molar-refractivity contribution in [2.24, 2.45) is 5.73 Å². The van der Waals surface area contributed by atoms with Crippen LogP contribution in [0, 0.1) is 0 Å². The quantitative estimate of drug-likeness (QED) is 0.764. The number of aromatic amines is 1. The first kappa shape index (κ1) is 11.6. The minimum absolute atomic E-state index is 0.180. The van der Waals surface area contributed by atoms with Crippen molar-refractivity contribution in [1.29, 1.82) is 0 Å². The fourth-order valence-corrected chi connectivity index (χ4v) is 3.40. The molecule has 1 heterocycles. The minimum Gasteiger partial charge on any atom is -0.351 e. The average Bonchev–Trinajstić information content (AvgIpc) is 2.92. The first-order chi connectivity index (χ1) is 7.66. The lowest BCUT2D eigenvalue weighted by Crippen LogP contribution is -2.35. The smallest absolute Gasteiger partial charge is 0.258 e. The number of rotatable bonds is 6. The highest BCUT2D eigenvalue weighted by Crippen LogP contribution is 2.31. The molecule has 0 atom stereocenters. The predicted molar refractivity (Wildman–Crippen MR) is 61.4 cm³/mol. The molecule has 1 aliphatic rings. The van der Waals surface area contributed by atoms with Gasteiger partial charge in [-0.15, -0.1) is 0 Å². The van der Waals surface area contributed by atoms with E-state index in [1.54, 1.807) is 22.6 Å². The molecular weight excluding hydrogens is 226 g/mol. The third-order valence-corrected chi connectivity index (χ3v) is 4.60. The largest absolute Gasteiger partial charge is 0.351 e. The molecule has 2 rings (SSSR count). The van der Waals surface area contributed by atoms with Gasteiger partial charge in [-0.05, 0) is 37.9 Å². The van der Waals surface area contributed by atoms with Crippen LogP contribution in [-0.4, -0.2) is 36.8 Å². The number of sulfonamides is 1. The van der Waals surface area contributed by atoms with Gasteiger partial charge in [-0.1, -0.05) is 0 Å². The Labute approximate surface area is 95.7 Å². The fraction of sp³-hybridized carbons (Fsp3) is 0.600. The topological polar surface area (TPSA) is 79.2 Å². The summed E-state index contributed by atoms with van der Waals surface area (Å²) in [7, 11) is -3.34. The summed E-state index contributed by atoms with van der Waals surface area (Å²) in [5.41, 5.74) is 5.43. The maximum atomic E-state index is 12.2. The minimum atomic E-state index is -3.34. The molecule has 1 fully saturated rings. The Morgan fingerprint density at radius 2 is 2.25 bits per heavy atom. The second-order valence-electron chi connectivity index (χ2n) is 4.02. The van der Waals surface area contributed by atoms with Crippen molar-refractivity contribution in [2.45, 2.75) is 30.3 Å². The summed E-state index contributed by atoms with van der Waals surface area (Å²) >= 11 is 0. The molecular formula is C10H17N3O2S. The molecule has 1 aliphatic carbocycles. The molecule has 6 heteroatoms. The van der Waals surface area contributed by atoms with Crippen LogP contribution in [0.15, 0.2) is 23.4 Å². The molecule has 90 valence electrons. The summed E-state index contributed by atoms with van der Waals surface area (Å²) in [6, 6.07) is 3.47. The summed E-state index contributed by atoms with van der Waals surface area (Å²) in [6.45, 7) is 1.03. The first-order valence-electron chi connectivity index (χ1n) is 5.51. The van der Waals surface area contributed by atoms with Crippen molar-refractivity contribution in [3.63, 3.8) is 0 Å². The van der Waals surface area contributed by atoms with Crippen molar-refractivity contribution < 1.29 is 8.42 Å². The molecule has 0 spiro atoms. The highest BCUT2D eigenvalue weighted by Gasteiger charge is 2.37. The molecule has 5 nitrogen and oxygen atoms in total. The van der Waals surface area contributed by atoms with Crippen molar-refractivity contribution >= 4 is 10.0 Å². The highest BCUT2D eigenvalue weighted by atomic mass is 32.2. The maximum Gasteiger partial charge on any atom is 0.258 e. The molecule has 1 aromatic rings. The van der Waals surface area contributed by atoms with Gasteiger partial charge in [0.05, 0.1) is 0 Å². The van der Waals surface area contributed by atoms with Crippen LogP contribution in [-0.2, 0) is 10.0 Å². The first-order valence-corrected chi connectivity index (χ1v) is 6.95. The van der Waals surface area contributed by atoms with E-state index in [9.17, 15) is 8.42 Å². The number of hydrogen-bond donors (Lipinski definition) is 2. The monoisotopic (exact) mass is 243 g/mol. The third kappa shape index (κ3) is 2.28. The van der Waals surface area contributed by atoms with Crippen LogP contribution in [0.25, 0.3) is 0 Å².